The van der Waals surface area contributed by atoms with E-state index < -0.39 is 11.9 Å². The maximum absolute atomic E-state index is 14.4. The number of likely N-dealkylation sites (N-methyl/N-ethyl adjacent to an activating group) is 1. The Balaban J connectivity index is 1.37. The Morgan fingerprint density at radius 2 is 1.97 bits per heavy atom. The third kappa shape index (κ3) is 3.51. The highest BCUT2D eigenvalue weighted by atomic mass is 19.1. The van der Waals surface area contributed by atoms with Crippen LogP contribution >= 0.6 is 0 Å². The summed E-state index contributed by atoms with van der Waals surface area (Å²) in [5.41, 5.74) is 2.27. The monoisotopic (exact) mass is 434 g/mol. The Labute approximate surface area is 184 Å². The van der Waals surface area contributed by atoms with Gasteiger partial charge >= 0.3 is 0 Å². The van der Waals surface area contributed by atoms with Crippen molar-refractivity contribution >= 4 is 17.5 Å². The molecular formula is C24H23FN4O3. The lowest BCUT2D eigenvalue weighted by Crippen LogP contribution is -2.49. The first-order valence-electron chi connectivity index (χ1n) is 10.7. The van der Waals surface area contributed by atoms with Crippen molar-refractivity contribution < 1.29 is 18.7 Å². The molecule has 2 aliphatic rings. The Kier molecular flexibility index (Phi) is 5.13. The van der Waals surface area contributed by atoms with Crippen LogP contribution in [0.2, 0.25) is 0 Å². The number of carbonyl (C=O) groups excluding carboxylic acids is 2. The smallest absolute Gasteiger partial charge is 0.272 e. The van der Waals surface area contributed by atoms with Gasteiger partial charge in [0.1, 0.15) is 29.9 Å². The number of nitrogens with zero attached hydrogens (tertiary/aromatic N) is 3. The van der Waals surface area contributed by atoms with E-state index in [4.69, 9.17) is 4.74 Å². The molecule has 1 aromatic heterocycles. The number of hydrogen-bond donors (Lipinski definition) is 1. The first kappa shape index (κ1) is 20.2. The second-order valence-electron chi connectivity index (χ2n) is 8.10. The molecule has 0 spiro atoms. The molecule has 3 heterocycles. The van der Waals surface area contributed by atoms with Crippen LogP contribution in [-0.4, -0.2) is 41.3 Å². The minimum atomic E-state index is -0.846. The molecular weight excluding hydrogens is 411 g/mol. The number of para-hydroxylation sites is 2. The molecule has 5 rings (SSSR count). The van der Waals surface area contributed by atoms with Gasteiger partial charge in [0, 0.05) is 25.2 Å². The van der Waals surface area contributed by atoms with Crippen molar-refractivity contribution in [2.75, 3.05) is 18.6 Å². The Morgan fingerprint density at radius 1 is 1.19 bits per heavy atom. The average molecular weight is 434 g/mol. The molecule has 1 N–H and O–H groups in total. The van der Waals surface area contributed by atoms with Gasteiger partial charge in [-0.25, -0.2) is 4.39 Å². The molecule has 2 aliphatic heterocycles. The molecule has 32 heavy (non-hydrogen) atoms. The number of fused-ring (bicyclic) bond motifs is 2. The standard InChI is InChI=1S/C24H23FN4O3/c1-28-20-10-4-5-11-22(20)32-14-19(24(28)31)26-23(30)18-13-21-16(8-6-12-29(21)27-18)15-7-2-3-9-17(15)25/h2-5,7,9-11,13,16,19H,6,8,12,14H2,1H3,(H,26,30)/t16-,19?/m0/s1. The lowest BCUT2D eigenvalue weighted by atomic mass is 9.88. The second kappa shape index (κ2) is 8.11. The van der Waals surface area contributed by atoms with Crippen LogP contribution < -0.4 is 15.0 Å². The topological polar surface area (TPSA) is 76.5 Å². The first-order valence-corrected chi connectivity index (χ1v) is 10.7. The van der Waals surface area contributed by atoms with E-state index in [1.165, 1.54) is 11.0 Å². The number of aromatic nitrogens is 2. The molecule has 8 heteroatoms. The summed E-state index contributed by atoms with van der Waals surface area (Å²) in [5.74, 6) is -0.563. The fourth-order valence-corrected chi connectivity index (χ4v) is 4.46. The first-order chi connectivity index (χ1) is 15.5. The number of carbonyl (C=O) groups is 2. The fraction of sp³-hybridized carbons (Fsp3) is 0.292. The van der Waals surface area contributed by atoms with Gasteiger partial charge in [-0.1, -0.05) is 30.3 Å². The molecule has 2 aromatic carbocycles. The van der Waals surface area contributed by atoms with E-state index in [0.29, 0.717) is 23.5 Å². The lowest BCUT2D eigenvalue weighted by Gasteiger charge is -2.24. The second-order valence-corrected chi connectivity index (χ2v) is 8.10. The van der Waals surface area contributed by atoms with Crippen LogP contribution in [-0.2, 0) is 11.3 Å². The Morgan fingerprint density at radius 3 is 2.81 bits per heavy atom. The van der Waals surface area contributed by atoms with E-state index in [2.05, 4.69) is 10.4 Å². The van der Waals surface area contributed by atoms with Gasteiger partial charge in [0.2, 0.25) is 0 Å². The van der Waals surface area contributed by atoms with Crippen molar-refractivity contribution in [2.45, 2.75) is 31.3 Å². The summed E-state index contributed by atoms with van der Waals surface area (Å²) in [6, 6.07) is 14.8. The number of halogens is 1. The molecule has 0 fully saturated rings. The number of nitrogens with one attached hydrogen (secondary N) is 1. The predicted molar refractivity (Wildman–Crippen MR) is 116 cm³/mol. The van der Waals surface area contributed by atoms with E-state index in [1.807, 2.05) is 18.2 Å². The summed E-state index contributed by atoms with van der Waals surface area (Å²) >= 11 is 0. The molecule has 2 atom stereocenters. The van der Waals surface area contributed by atoms with Crippen LogP contribution in [0.15, 0.2) is 54.6 Å². The van der Waals surface area contributed by atoms with Gasteiger partial charge in [-0.3, -0.25) is 14.3 Å². The van der Waals surface area contributed by atoms with Gasteiger partial charge in [-0.2, -0.15) is 5.10 Å². The van der Waals surface area contributed by atoms with E-state index >= 15 is 0 Å². The van der Waals surface area contributed by atoms with E-state index in [1.54, 1.807) is 42.1 Å². The summed E-state index contributed by atoms with van der Waals surface area (Å²) in [6.45, 7) is 0.689. The quantitative estimate of drug-likeness (QED) is 0.687. The Bertz CT molecular complexity index is 1190. The SMILES string of the molecule is CN1C(=O)C(NC(=O)c2cc3n(n2)CCC[C@H]3c2ccccc2F)COc2ccccc21. The molecule has 0 bridgehead atoms. The van der Waals surface area contributed by atoms with E-state index in [-0.39, 0.29) is 29.9 Å². The number of anilines is 1. The predicted octanol–water partition coefficient (Wildman–Crippen LogP) is 3.10. The van der Waals surface area contributed by atoms with Gasteiger partial charge in [-0.15, -0.1) is 0 Å². The third-order valence-electron chi connectivity index (χ3n) is 6.11. The van der Waals surface area contributed by atoms with Crippen LogP contribution in [0.5, 0.6) is 5.75 Å². The van der Waals surface area contributed by atoms with Crippen molar-refractivity contribution in [3.05, 3.63) is 77.4 Å². The summed E-state index contributed by atoms with van der Waals surface area (Å²) in [4.78, 5) is 27.4. The maximum Gasteiger partial charge on any atom is 0.272 e. The zero-order valence-corrected chi connectivity index (χ0v) is 17.6. The number of rotatable bonds is 3. The zero-order valence-electron chi connectivity index (χ0n) is 17.6. The Hall–Kier alpha value is -3.68. The van der Waals surface area contributed by atoms with Crippen LogP contribution in [0.3, 0.4) is 0 Å². The van der Waals surface area contributed by atoms with Crippen molar-refractivity contribution in [3.8, 4) is 5.75 Å². The van der Waals surface area contributed by atoms with Gasteiger partial charge in [0.15, 0.2) is 0 Å². The maximum atomic E-state index is 14.4. The number of amides is 2. The minimum Gasteiger partial charge on any atom is -0.489 e. The molecule has 0 aliphatic carbocycles. The van der Waals surface area contributed by atoms with Gasteiger partial charge < -0.3 is 15.0 Å². The minimum absolute atomic E-state index is 0.0251. The largest absolute Gasteiger partial charge is 0.489 e. The number of hydrogen-bond acceptors (Lipinski definition) is 4. The van der Waals surface area contributed by atoms with Crippen molar-refractivity contribution in [2.24, 2.45) is 0 Å². The lowest BCUT2D eigenvalue weighted by molar-refractivity contribution is -0.120. The highest BCUT2D eigenvalue weighted by molar-refractivity contribution is 6.02. The molecule has 0 radical (unpaired) electrons. The van der Waals surface area contributed by atoms with Crippen LogP contribution in [0, 0.1) is 5.82 Å². The molecule has 0 saturated heterocycles. The van der Waals surface area contributed by atoms with E-state index in [9.17, 15) is 14.0 Å². The summed E-state index contributed by atoms with van der Waals surface area (Å²) in [6.07, 6.45) is 1.62. The van der Waals surface area contributed by atoms with Gasteiger partial charge in [0.05, 0.1) is 5.69 Å². The van der Waals surface area contributed by atoms with Crippen molar-refractivity contribution in [1.29, 1.82) is 0 Å². The molecule has 3 aromatic rings. The van der Waals surface area contributed by atoms with Gasteiger partial charge in [-0.05, 0) is 42.7 Å². The summed E-state index contributed by atoms with van der Waals surface area (Å²) in [5, 5.41) is 7.21. The number of benzene rings is 2. The van der Waals surface area contributed by atoms with Crippen molar-refractivity contribution in [3.63, 3.8) is 0 Å². The molecule has 2 amide bonds. The molecule has 1 unspecified atom stereocenters. The van der Waals surface area contributed by atoms with Crippen LogP contribution in [0.4, 0.5) is 10.1 Å². The molecule has 0 saturated carbocycles. The summed E-state index contributed by atoms with van der Waals surface area (Å²) < 4.78 is 21.9. The third-order valence-corrected chi connectivity index (χ3v) is 6.11. The summed E-state index contributed by atoms with van der Waals surface area (Å²) in [7, 11) is 1.66. The fourth-order valence-electron chi connectivity index (χ4n) is 4.46. The van der Waals surface area contributed by atoms with E-state index in [0.717, 1.165) is 18.5 Å². The van der Waals surface area contributed by atoms with Gasteiger partial charge in [0.25, 0.3) is 11.8 Å². The highest BCUT2D eigenvalue weighted by Crippen LogP contribution is 2.35. The number of ether oxygens (including phenoxy) is 1. The average Bonchev–Trinajstić information content (AvgIpc) is 3.22. The van der Waals surface area contributed by atoms with Crippen LogP contribution in [0.1, 0.15) is 40.5 Å². The van der Waals surface area contributed by atoms with Crippen molar-refractivity contribution in [1.82, 2.24) is 15.1 Å². The highest BCUT2D eigenvalue weighted by Gasteiger charge is 2.32. The van der Waals surface area contributed by atoms with Crippen LogP contribution in [0.25, 0.3) is 0 Å². The number of aryl methyl sites for hydroxylation is 1. The molecule has 7 nitrogen and oxygen atoms in total. The zero-order chi connectivity index (χ0) is 22.2. The molecule has 164 valence electrons. The normalized spacial score (nSPS) is 20.1.